The van der Waals surface area contributed by atoms with Crippen LogP contribution in [-0.4, -0.2) is 11.7 Å². The van der Waals surface area contributed by atoms with Crippen molar-refractivity contribution in [2.45, 2.75) is 0 Å². The van der Waals surface area contributed by atoms with Gasteiger partial charge in [0.05, 0.1) is 18.1 Å². The molecule has 0 aliphatic rings. The maximum atomic E-state index is 5.29. The standard InChI is InChI=1S/C25H18BrNO/c1-28-21-11-7-17(8-12-21)18-9-13-24-22(15-18)23-16-19(26)10-14-25(23)27(24)20-5-3-2-4-6-20/h2-16H,1H3. The van der Waals surface area contributed by atoms with Gasteiger partial charge in [-0.1, -0.05) is 52.3 Å². The van der Waals surface area contributed by atoms with Crippen LogP contribution in [-0.2, 0) is 0 Å². The van der Waals surface area contributed by atoms with Gasteiger partial charge in [-0.2, -0.15) is 0 Å². The molecule has 0 aliphatic carbocycles. The molecule has 0 saturated carbocycles. The van der Waals surface area contributed by atoms with Crippen LogP contribution in [0, 0.1) is 0 Å². The van der Waals surface area contributed by atoms with E-state index in [1.165, 1.54) is 38.6 Å². The zero-order chi connectivity index (χ0) is 19.1. The third-order valence-electron chi connectivity index (χ3n) is 5.16. The fourth-order valence-electron chi connectivity index (χ4n) is 3.81. The SMILES string of the molecule is COc1ccc(-c2ccc3c(c2)c2cc(Br)ccc2n3-c2ccccc2)cc1. The Morgan fingerprint density at radius 2 is 1.32 bits per heavy atom. The molecule has 0 spiro atoms. The van der Waals surface area contributed by atoms with Crippen LogP contribution >= 0.6 is 15.9 Å². The highest BCUT2D eigenvalue weighted by Gasteiger charge is 2.13. The van der Waals surface area contributed by atoms with Gasteiger partial charge < -0.3 is 9.30 Å². The Morgan fingerprint density at radius 3 is 2.04 bits per heavy atom. The third-order valence-corrected chi connectivity index (χ3v) is 5.66. The third kappa shape index (κ3) is 2.79. The monoisotopic (exact) mass is 427 g/mol. The van der Waals surface area contributed by atoms with E-state index in [1.807, 2.05) is 12.1 Å². The summed E-state index contributed by atoms with van der Waals surface area (Å²) in [6.45, 7) is 0. The van der Waals surface area contributed by atoms with Crippen LogP contribution in [0.3, 0.4) is 0 Å². The molecule has 0 unspecified atom stereocenters. The number of fused-ring (bicyclic) bond motifs is 3. The lowest BCUT2D eigenvalue weighted by molar-refractivity contribution is 0.415. The van der Waals surface area contributed by atoms with E-state index in [4.69, 9.17) is 4.74 Å². The van der Waals surface area contributed by atoms with Gasteiger partial charge in [0.25, 0.3) is 0 Å². The van der Waals surface area contributed by atoms with Crippen molar-refractivity contribution >= 4 is 37.7 Å². The van der Waals surface area contributed by atoms with E-state index < -0.39 is 0 Å². The van der Waals surface area contributed by atoms with E-state index in [0.717, 1.165) is 10.2 Å². The molecule has 3 heteroatoms. The molecule has 0 atom stereocenters. The smallest absolute Gasteiger partial charge is 0.118 e. The predicted octanol–water partition coefficient (Wildman–Crippen LogP) is 7.22. The van der Waals surface area contributed by atoms with Crippen molar-refractivity contribution in [2.75, 3.05) is 7.11 Å². The normalized spacial score (nSPS) is 11.2. The fraction of sp³-hybridized carbons (Fsp3) is 0.0400. The van der Waals surface area contributed by atoms with Crippen molar-refractivity contribution < 1.29 is 4.74 Å². The quantitative estimate of drug-likeness (QED) is 0.296. The van der Waals surface area contributed by atoms with Gasteiger partial charge >= 0.3 is 0 Å². The van der Waals surface area contributed by atoms with Gasteiger partial charge in [0.2, 0.25) is 0 Å². The first-order valence-corrected chi connectivity index (χ1v) is 9.97. The Morgan fingerprint density at radius 1 is 0.679 bits per heavy atom. The van der Waals surface area contributed by atoms with Crippen LogP contribution < -0.4 is 4.74 Å². The first kappa shape index (κ1) is 17.1. The van der Waals surface area contributed by atoms with Gasteiger partial charge in [-0.05, 0) is 65.7 Å². The van der Waals surface area contributed by atoms with Gasteiger partial charge in [-0.25, -0.2) is 0 Å². The van der Waals surface area contributed by atoms with Crippen molar-refractivity contribution in [3.8, 4) is 22.6 Å². The number of aromatic nitrogens is 1. The van der Waals surface area contributed by atoms with Crippen LogP contribution in [0.25, 0.3) is 38.6 Å². The Kier molecular flexibility index (Phi) is 4.18. The van der Waals surface area contributed by atoms with Gasteiger partial charge in [0.1, 0.15) is 5.75 Å². The molecule has 0 amide bonds. The summed E-state index contributed by atoms with van der Waals surface area (Å²) in [6, 6.07) is 31.9. The van der Waals surface area contributed by atoms with Crippen LogP contribution in [0.4, 0.5) is 0 Å². The molecule has 136 valence electrons. The maximum Gasteiger partial charge on any atom is 0.118 e. The summed E-state index contributed by atoms with van der Waals surface area (Å²) in [5.74, 6) is 0.870. The molecule has 5 aromatic rings. The molecule has 28 heavy (non-hydrogen) atoms. The van der Waals surface area contributed by atoms with Crippen LogP contribution in [0.5, 0.6) is 5.75 Å². The second-order valence-corrected chi connectivity index (χ2v) is 7.71. The molecule has 0 saturated heterocycles. The highest BCUT2D eigenvalue weighted by atomic mass is 79.9. The van der Waals surface area contributed by atoms with Crippen LogP contribution in [0.1, 0.15) is 0 Å². The molecular weight excluding hydrogens is 410 g/mol. The van der Waals surface area contributed by atoms with Crippen molar-refractivity contribution in [1.29, 1.82) is 0 Å². The van der Waals surface area contributed by atoms with Crippen molar-refractivity contribution in [3.05, 3.63) is 95.5 Å². The number of para-hydroxylation sites is 1. The van der Waals surface area contributed by atoms with Gasteiger partial charge in [0.15, 0.2) is 0 Å². The lowest BCUT2D eigenvalue weighted by atomic mass is 10.0. The zero-order valence-corrected chi connectivity index (χ0v) is 17.0. The number of benzene rings is 4. The molecule has 0 N–H and O–H groups in total. The molecule has 4 aromatic carbocycles. The van der Waals surface area contributed by atoms with Gasteiger partial charge in [-0.3, -0.25) is 0 Å². The maximum absolute atomic E-state index is 5.29. The number of methoxy groups -OCH3 is 1. The van der Waals surface area contributed by atoms with Gasteiger partial charge in [-0.15, -0.1) is 0 Å². The van der Waals surface area contributed by atoms with E-state index in [2.05, 4.69) is 99.4 Å². The first-order valence-electron chi connectivity index (χ1n) is 9.18. The zero-order valence-electron chi connectivity index (χ0n) is 15.4. The number of rotatable bonds is 3. The molecule has 2 nitrogen and oxygen atoms in total. The predicted molar refractivity (Wildman–Crippen MR) is 120 cm³/mol. The summed E-state index contributed by atoms with van der Waals surface area (Å²) in [4.78, 5) is 0. The molecular formula is C25H18BrNO. The Hall–Kier alpha value is -3.04. The minimum Gasteiger partial charge on any atom is -0.497 e. The molecule has 5 rings (SSSR count). The number of ether oxygens (including phenoxy) is 1. The lowest BCUT2D eigenvalue weighted by Crippen LogP contribution is -1.92. The summed E-state index contributed by atoms with van der Waals surface area (Å²) in [5.41, 5.74) is 5.95. The number of hydrogen-bond acceptors (Lipinski definition) is 1. The Balaban J connectivity index is 1.79. The van der Waals surface area contributed by atoms with Crippen LogP contribution in [0.2, 0.25) is 0 Å². The van der Waals surface area contributed by atoms with Crippen molar-refractivity contribution in [3.63, 3.8) is 0 Å². The molecule has 0 bridgehead atoms. The largest absolute Gasteiger partial charge is 0.497 e. The van der Waals surface area contributed by atoms with E-state index in [1.54, 1.807) is 7.11 Å². The highest BCUT2D eigenvalue weighted by molar-refractivity contribution is 9.10. The minimum absolute atomic E-state index is 0.870. The number of hydrogen-bond donors (Lipinski definition) is 0. The van der Waals surface area contributed by atoms with E-state index >= 15 is 0 Å². The number of nitrogens with zero attached hydrogens (tertiary/aromatic N) is 1. The summed E-state index contributed by atoms with van der Waals surface area (Å²) >= 11 is 3.64. The second-order valence-electron chi connectivity index (χ2n) is 6.79. The average Bonchev–Trinajstić information content (AvgIpc) is 3.07. The summed E-state index contributed by atoms with van der Waals surface area (Å²) in [7, 11) is 1.69. The van der Waals surface area contributed by atoms with Crippen LogP contribution in [0.15, 0.2) is 95.5 Å². The minimum atomic E-state index is 0.870. The molecule has 0 aliphatic heterocycles. The van der Waals surface area contributed by atoms with E-state index in [9.17, 15) is 0 Å². The molecule has 0 radical (unpaired) electrons. The van der Waals surface area contributed by atoms with E-state index in [0.29, 0.717) is 0 Å². The number of halogens is 1. The lowest BCUT2D eigenvalue weighted by Gasteiger charge is -2.08. The highest BCUT2D eigenvalue weighted by Crippen LogP contribution is 2.36. The molecule has 1 aromatic heterocycles. The summed E-state index contributed by atoms with van der Waals surface area (Å²) < 4.78 is 8.70. The molecule has 0 fully saturated rings. The van der Waals surface area contributed by atoms with Crippen molar-refractivity contribution in [2.24, 2.45) is 0 Å². The average molecular weight is 428 g/mol. The van der Waals surface area contributed by atoms with Gasteiger partial charge in [0, 0.05) is 20.9 Å². The second kappa shape index (κ2) is 6.84. The topological polar surface area (TPSA) is 14.2 Å². The summed E-state index contributed by atoms with van der Waals surface area (Å²) in [6.07, 6.45) is 0. The first-order chi connectivity index (χ1) is 13.7. The Bertz CT molecular complexity index is 1290. The van der Waals surface area contributed by atoms with Crippen molar-refractivity contribution in [1.82, 2.24) is 4.57 Å². The summed E-state index contributed by atoms with van der Waals surface area (Å²) in [5, 5.41) is 2.48. The Labute approximate surface area is 172 Å². The fourth-order valence-corrected chi connectivity index (χ4v) is 4.17. The van der Waals surface area contributed by atoms with E-state index in [-0.39, 0.29) is 0 Å². The molecule has 1 heterocycles.